The molecule has 19 heavy (non-hydrogen) atoms. The standard InChI is InChI=1S/C12H12BrN3O2S/c13-10-7-11(12(14)16-8-10)19(17,18)6-3-9-1-4-15-5-2-9/h1-2,4-5,7-8H,3,6H2,(H2,14,16). The van der Waals surface area contributed by atoms with Crippen LogP contribution in [0.15, 0.2) is 46.2 Å². The van der Waals surface area contributed by atoms with Crippen molar-refractivity contribution in [3.8, 4) is 0 Å². The lowest BCUT2D eigenvalue weighted by Crippen LogP contribution is -2.12. The first-order chi connectivity index (χ1) is 8.99. The molecule has 5 nitrogen and oxygen atoms in total. The Bertz CT molecular complexity index is 675. The topological polar surface area (TPSA) is 85.9 Å². The molecule has 0 saturated heterocycles. The maximum absolute atomic E-state index is 12.2. The molecule has 2 aromatic heterocycles. The lowest BCUT2D eigenvalue weighted by molar-refractivity contribution is 0.595. The van der Waals surface area contributed by atoms with E-state index in [0.29, 0.717) is 10.9 Å². The van der Waals surface area contributed by atoms with E-state index < -0.39 is 9.84 Å². The van der Waals surface area contributed by atoms with Crippen LogP contribution in [0.25, 0.3) is 0 Å². The Morgan fingerprint density at radius 3 is 2.63 bits per heavy atom. The first-order valence-electron chi connectivity index (χ1n) is 5.52. The summed E-state index contributed by atoms with van der Waals surface area (Å²) < 4.78 is 25.0. The monoisotopic (exact) mass is 341 g/mol. The van der Waals surface area contributed by atoms with Crippen molar-refractivity contribution in [2.24, 2.45) is 0 Å². The van der Waals surface area contributed by atoms with E-state index in [1.54, 1.807) is 24.5 Å². The number of aromatic nitrogens is 2. The van der Waals surface area contributed by atoms with Gasteiger partial charge in [0.05, 0.1) is 5.75 Å². The smallest absolute Gasteiger partial charge is 0.182 e. The molecule has 0 atom stereocenters. The Labute approximate surface area is 119 Å². The van der Waals surface area contributed by atoms with Gasteiger partial charge in [-0.05, 0) is 46.1 Å². The van der Waals surface area contributed by atoms with E-state index in [1.807, 2.05) is 0 Å². The van der Waals surface area contributed by atoms with Gasteiger partial charge in [0.15, 0.2) is 9.84 Å². The minimum Gasteiger partial charge on any atom is -0.383 e. The Kier molecular flexibility index (Phi) is 4.16. The number of rotatable bonds is 4. The third kappa shape index (κ3) is 3.51. The summed E-state index contributed by atoms with van der Waals surface area (Å²) in [6, 6.07) is 5.06. The zero-order chi connectivity index (χ0) is 13.9. The normalized spacial score (nSPS) is 11.4. The number of sulfone groups is 1. The summed E-state index contributed by atoms with van der Waals surface area (Å²) in [5.41, 5.74) is 6.54. The minimum atomic E-state index is -3.45. The van der Waals surface area contributed by atoms with E-state index in [9.17, 15) is 8.42 Å². The summed E-state index contributed by atoms with van der Waals surface area (Å²) in [6.45, 7) is 0. The molecular formula is C12H12BrN3O2S. The van der Waals surface area contributed by atoms with E-state index in [0.717, 1.165) is 5.56 Å². The molecular weight excluding hydrogens is 330 g/mol. The molecule has 0 fully saturated rings. The van der Waals surface area contributed by atoms with Crippen LogP contribution < -0.4 is 5.73 Å². The Hall–Kier alpha value is -1.47. The first-order valence-corrected chi connectivity index (χ1v) is 7.96. The zero-order valence-electron chi connectivity index (χ0n) is 9.95. The van der Waals surface area contributed by atoms with Gasteiger partial charge in [0.25, 0.3) is 0 Å². The average molecular weight is 342 g/mol. The maximum atomic E-state index is 12.2. The number of hydrogen-bond acceptors (Lipinski definition) is 5. The van der Waals surface area contributed by atoms with Crippen molar-refractivity contribution in [2.45, 2.75) is 11.3 Å². The van der Waals surface area contributed by atoms with Crippen LogP contribution >= 0.6 is 15.9 Å². The van der Waals surface area contributed by atoms with Crippen LogP contribution in [0.3, 0.4) is 0 Å². The van der Waals surface area contributed by atoms with Crippen molar-refractivity contribution in [3.05, 3.63) is 46.8 Å². The van der Waals surface area contributed by atoms with Crippen LogP contribution in [0.5, 0.6) is 0 Å². The summed E-state index contributed by atoms with van der Waals surface area (Å²) in [5, 5.41) is 0. The molecule has 2 aromatic rings. The number of aryl methyl sites for hydroxylation is 1. The van der Waals surface area contributed by atoms with Gasteiger partial charge >= 0.3 is 0 Å². The highest BCUT2D eigenvalue weighted by Gasteiger charge is 2.19. The SMILES string of the molecule is Nc1ncc(Br)cc1S(=O)(=O)CCc1ccncc1. The summed E-state index contributed by atoms with van der Waals surface area (Å²) in [6.07, 6.45) is 5.15. The molecule has 0 aliphatic carbocycles. The van der Waals surface area contributed by atoms with Crippen LogP contribution in [-0.4, -0.2) is 24.1 Å². The molecule has 2 N–H and O–H groups in total. The molecule has 0 spiro atoms. The molecule has 0 aliphatic heterocycles. The summed E-state index contributed by atoms with van der Waals surface area (Å²) >= 11 is 3.19. The molecule has 2 heterocycles. The number of hydrogen-bond donors (Lipinski definition) is 1. The van der Waals surface area contributed by atoms with Crippen molar-refractivity contribution in [1.29, 1.82) is 0 Å². The van der Waals surface area contributed by atoms with Gasteiger partial charge in [-0.15, -0.1) is 0 Å². The number of nitrogen functional groups attached to an aromatic ring is 1. The second kappa shape index (κ2) is 5.66. The molecule has 0 radical (unpaired) electrons. The van der Waals surface area contributed by atoms with E-state index in [4.69, 9.17) is 5.73 Å². The fraction of sp³-hybridized carbons (Fsp3) is 0.167. The van der Waals surface area contributed by atoms with Crippen molar-refractivity contribution < 1.29 is 8.42 Å². The van der Waals surface area contributed by atoms with E-state index >= 15 is 0 Å². The Morgan fingerprint density at radius 2 is 1.95 bits per heavy atom. The highest BCUT2D eigenvalue weighted by atomic mass is 79.9. The molecule has 0 saturated carbocycles. The van der Waals surface area contributed by atoms with Crippen LogP contribution in [0, 0.1) is 0 Å². The second-order valence-corrected chi connectivity index (χ2v) is 6.95. The number of halogens is 1. The van der Waals surface area contributed by atoms with E-state index in [2.05, 4.69) is 25.9 Å². The fourth-order valence-electron chi connectivity index (χ4n) is 1.59. The second-order valence-electron chi connectivity index (χ2n) is 3.96. The lowest BCUT2D eigenvalue weighted by Gasteiger charge is -2.07. The van der Waals surface area contributed by atoms with Crippen molar-refractivity contribution >= 4 is 31.6 Å². The highest BCUT2D eigenvalue weighted by molar-refractivity contribution is 9.10. The quantitative estimate of drug-likeness (QED) is 0.916. The van der Waals surface area contributed by atoms with E-state index in [1.165, 1.54) is 12.3 Å². The van der Waals surface area contributed by atoms with Crippen LogP contribution in [0.2, 0.25) is 0 Å². The lowest BCUT2D eigenvalue weighted by atomic mass is 10.2. The largest absolute Gasteiger partial charge is 0.383 e. The van der Waals surface area contributed by atoms with Gasteiger partial charge in [0, 0.05) is 23.1 Å². The molecule has 0 aliphatic rings. The van der Waals surface area contributed by atoms with Gasteiger partial charge in [0.1, 0.15) is 10.7 Å². The van der Waals surface area contributed by atoms with Gasteiger partial charge in [-0.1, -0.05) is 0 Å². The summed E-state index contributed by atoms with van der Waals surface area (Å²) in [4.78, 5) is 7.80. The van der Waals surface area contributed by atoms with Crippen molar-refractivity contribution in [2.75, 3.05) is 11.5 Å². The third-order valence-electron chi connectivity index (χ3n) is 2.59. The fourth-order valence-corrected chi connectivity index (χ4v) is 3.48. The molecule has 0 amide bonds. The predicted molar refractivity (Wildman–Crippen MR) is 76.3 cm³/mol. The highest BCUT2D eigenvalue weighted by Crippen LogP contribution is 2.22. The van der Waals surface area contributed by atoms with E-state index in [-0.39, 0.29) is 16.5 Å². The number of nitrogens with two attached hydrogens (primary N) is 1. The maximum Gasteiger partial charge on any atom is 0.182 e. The summed E-state index contributed by atoms with van der Waals surface area (Å²) in [7, 11) is -3.45. The van der Waals surface area contributed by atoms with Gasteiger partial charge in [-0.3, -0.25) is 4.98 Å². The molecule has 2 rings (SSSR count). The first kappa shape index (κ1) is 14.0. The minimum absolute atomic E-state index is 0.0145. The van der Waals surface area contributed by atoms with Crippen molar-refractivity contribution in [1.82, 2.24) is 9.97 Å². The van der Waals surface area contributed by atoms with Gasteiger partial charge in [-0.2, -0.15) is 0 Å². The number of nitrogens with zero attached hydrogens (tertiary/aromatic N) is 2. The number of anilines is 1. The zero-order valence-corrected chi connectivity index (χ0v) is 12.4. The average Bonchev–Trinajstić information content (AvgIpc) is 2.40. The van der Waals surface area contributed by atoms with Crippen LogP contribution in [0.4, 0.5) is 5.82 Å². The van der Waals surface area contributed by atoms with Crippen LogP contribution in [0.1, 0.15) is 5.56 Å². The molecule has 0 aromatic carbocycles. The Morgan fingerprint density at radius 1 is 1.26 bits per heavy atom. The van der Waals surface area contributed by atoms with Crippen LogP contribution in [-0.2, 0) is 16.3 Å². The Balaban J connectivity index is 2.21. The number of pyridine rings is 2. The van der Waals surface area contributed by atoms with Gasteiger partial charge in [-0.25, -0.2) is 13.4 Å². The predicted octanol–water partition coefficient (Wildman–Crippen LogP) is 1.84. The molecule has 100 valence electrons. The van der Waals surface area contributed by atoms with Crippen molar-refractivity contribution in [3.63, 3.8) is 0 Å². The van der Waals surface area contributed by atoms with Gasteiger partial charge < -0.3 is 5.73 Å². The summed E-state index contributed by atoms with van der Waals surface area (Å²) in [5.74, 6) is 0.0113. The van der Waals surface area contributed by atoms with Gasteiger partial charge in [0.2, 0.25) is 0 Å². The molecule has 7 heteroatoms. The molecule has 0 bridgehead atoms. The molecule has 0 unspecified atom stereocenters. The third-order valence-corrected chi connectivity index (χ3v) is 4.76.